The molecule has 298 valence electrons. The van der Waals surface area contributed by atoms with E-state index in [9.17, 15) is 23.6 Å². The molecule has 8 rings (SSSR count). The third-order valence-electron chi connectivity index (χ3n) is 10.2. The summed E-state index contributed by atoms with van der Waals surface area (Å²) in [5, 5.41) is 5.00. The standard InChI is InChI=1S/C39H36Cl2F3N7O6/c1-56-28-16-25-21(36(46-18-45-25)47-24-7-6-23(40)32(41)33(24)42)15-29(28)57-20-4-2-19(3-5-20)17-49-10-12-50(13-11-49)27-14-22-31(35(44)34(27)43)39(55)51(38(22)54)26-8-9-30(52)48-37(26)53/h6-7,14-16,18-20,26H,2-5,8-13,17H2,1H3,(H,45,46,47)(H,48,52,53)/i10D2,11D2,12D2,13D2. The fourth-order valence-corrected chi connectivity index (χ4v) is 7.54. The Morgan fingerprint density at radius 3 is 2.39 bits per heavy atom. The summed E-state index contributed by atoms with van der Waals surface area (Å²) >= 11 is 11.9. The van der Waals surface area contributed by atoms with E-state index in [1.54, 1.807) is 12.1 Å². The van der Waals surface area contributed by atoms with Crippen LogP contribution in [0.4, 0.5) is 30.4 Å². The van der Waals surface area contributed by atoms with Gasteiger partial charge in [-0.3, -0.25) is 34.3 Å². The number of ether oxygens (including phenoxy) is 2. The van der Waals surface area contributed by atoms with Crippen LogP contribution in [0.1, 0.15) is 70.2 Å². The van der Waals surface area contributed by atoms with Gasteiger partial charge in [-0.2, -0.15) is 0 Å². The van der Waals surface area contributed by atoms with Crippen LogP contribution in [0.15, 0.2) is 36.7 Å². The molecule has 1 unspecified atom stereocenters. The van der Waals surface area contributed by atoms with Gasteiger partial charge < -0.3 is 19.7 Å². The minimum absolute atomic E-state index is 0.00844. The predicted molar refractivity (Wildman–Crippen MR) is 204 cm³/mol. The minimum atomic E-state index is -3.69. The van der Waals surface area contributed by atoms with Crippen molar-refractivity contribution in [2.24, 2.45) is 5.92 Å². The van der Waals surface area contributed by atoms with Crippen LogP contribution in [-0.4, -0.2) is 95.2 Å². The molecular formula is C39H36Cl2F3N7O6. The molecule has 1 aliphatic carbocycles. The van der Waals surface area contributed by atoms with E-state index in [0.717, 1.165) is 0 Å². The van der Waals surface area contributed by atoms with E-state index >= 15 is 8.78 Å². The van der Waals surface area contributed by atoms with Crippen LogP contribution < -0.4 is 25.0 Å². The molecule has 1 atom stereocenters. The molecule has 0 radical (unpaired) electrons. The minimum Gasteiger partial charge on any atom is -0.493 e. The highest BCUT2D eigenvalue weighted by Gasteiger charge is 2.47. The molecule has 0 bridgehead atoms. The van der Waals surface area contributed by atoms with Gasteiger partial charge in [-0.1, -0.05) is 23.2 Å². The lowest BCUT2D eigenvalue weighted by atomic mass is 9.87. The van der Waals surface area contributed by atoms with Gasteiger partial charge >= 0.3 is 0 Å². The maximum absolute atomic E-state index is 16.1. The first-order chi connectivity index (χ1) is 30.4. The van der Waals surface area contributed by atoms with Gasteiger partial charge in [0.05, 0.1) is 56.8 Å². The number of halogens is 5. The maximum Gasteiger partial charge on any atom is 0.265 e. The first-order valence-corrected chi connectivity index (χ1v) is 18.4. The molecule has 1 aromatic heterocycles. The molecule has 2 N–H and O–H groups in total. The van der Waals surface area contributed by atoms with Crippen molar-refractivity contribution in [2.45, 2.75) is 50.7 Å². The van der Waals surface area contributed by atoms with Crippen molar-refractivity contribution in [3.8, 4) is 11.5 Å². The second-order valence-electron chi connectivity index (χ2n) is 13.6. The first-order valence-electron chi connectivity index (χ1n) is 21.7. The lowest BCUT2D eigenvalue weighted by molar-refractivity contribution is -0.136. The molecular weight excluding hydrogens is 790 g/mol. The fourth-order valence-electron chi connectivity index (χ4n) is 7.23. The third-order valence-corrected chi connectivity index (χ3v) is 10.9. The van der Waals surface area contributed by atoms with Crippen LogP contribution in [0.25, 0.3) is 10.9 Å². The maximum atomic E-state index is 16.1. The first kappa shape index (κ1) is 30.0. The van der Waals surface area contributed by atoms with E-state index in [2.05, 4.69) is 15.3 Å². The summed E-state index contributed by atoms with van der Waals surface area (Å²) in [6, 6.07) is 4.83. The zero-order valence-corrected chi connectivity index (χ0v) is 31.2. The number of aromatic nitrogens is 2. The second kappa shape index (κ2) is 15.6. The molecule has 13 nitrogen and oxygen atoms in total. The van der Waals surface area contributed by atoms with Crippen molar-refractivity contribution >= 4 is 74.9 Å². The molecule has 3 fully saturated rings. The molecule has 0 spiro atoms. The number of carbonyl (C=O) groups excluding carboxylic acids is 4. The Kier molecular flexibility index (Phi) is 8.22. The molecule has 3 aromatic carbocycles. The average molecular weight is 835 g/mol. The normalized spacial score (nSPS) is 27.2. The molecule has 3 aliphatic heterocycles. The smallest absolute Gasteiger partial charge is 0.265 e. The van der Waals surface area contributed by atoms with Crippen LogP contribution in [0, 0.1) is 23.4 Å². The number of hydrogen-bond donors (Lipinski definition) is 2. The number of rotatable bonds is 9. The number of amides is 4. The van der Waals surface area contributed by atoms with Gasteiger partial charge in [0.25, 0.3) is 11.8 Å². The highest BCUT2D eigenvalue weighted by Crippen LogP contribution is 2.40. The zero-order chi connectivity index (χ0) is 47.3. The van der Waals surface area contributed by atoms with Crippen molar-refractivity contribution in [3.05, 3.63) is 75.3 Å². The molecule has 4 amide bonds. The number of piperazine rings is 1. The summed E-state index contributed by atoms with van der Waals surface area (Å²) in [5.74, 6) is -9.26. The summed E-state index contributed by atoms with van der Waals surface area (Å²) in [4.78, 5) is 60.0. The fraction of sp³-hybridized carbons (Fsp3) is 0.385. The van der Waals surface area contributed by atoms with Gasteiger partial charge in [-0.25, -0.2) is 23.1 Å². The van der Waals surface area contributed by atoms with E-state index in [-0.39, 0.29) is 57.9 Å². The van der Waals surface area contributed by atoms with E-state index in [1.165, 1.54) is 25.6 Å². The number of anilines is 3. The van der Waals surface area contributed by atoms with Crippen LogP contribution in [0.5, 0.6) is 11.5 Å². The van der Waals surface area contributed by atoms with Crippen LogP contribution in [-0.2, 0) is 9.59 Å². The lowest BCUT2D eigenvalue weighted by Crippen LogP contribution is -2.54. The van der Waals surface area contributed by atoms with E-state index in [0.29, 0.717) is 45.4 Å². The topological polar surface area (TPSA) is 146 Å². The highest BCUT2D eigenvalue weighted by atomic mass is 35.5. The average Bonchev–Trinajstić information content (AvgIpc) is 3.49. The van der Waals surface area contributed by atoms with Gasteiger partial charge in [0.2, 0.25) is 11.8 Å². The van der Waals surface area contributed by atoms with Crippen molar-refractivity contribution in [2.75, 3.05) is 49.9 Å². The van der Waals surface area contributed by atoms with Gasteiger partial charge in [0.15, 0.2) is 29.0 Å². The molecule has 4 heterocycles. The van der Waals surface area contributed by atoms with Gasteiger partial charge in [-0.15, -0.1) is 0 Å². The number of methoxy groups -OCH3 is 1. The number of carbonyl (C=O) groups is 4. The van der Waals surface area contributed by atoms with Crippen LogP contribution >= 0.6 is 23.2 Å². The van der Waals surface area contributed by atoms with Crippen LogP contribution in [0.2, 0.25) is 10.0 Å². The number of benzene rings is 3. The van der Waals surface area contributed by atoms with Crippen molar-refractivity contribution < 1.29 is 52.8 Å². The largest absolute Gasteiger partial charge is 0.493 e. The zero-order valence-electron chi connectivity index (χ0n) is 37.7. The van der Waals surface area contributed by atoms with E-state index in [1.807, 2.05) is 5.32 Å². The summed E-state index contributed by atoms with van der Waals surface area (Å²) in [6.07, 6.45) is 1.30. The molecule has 57 heavy (non-hydrogen) atoms. The molecule has 1 saturated carbocycles. The summed E-state index contributed by atoms with van der Waals surface area (Å²) in [6.45, 7) is -14.8. The van der Waals surface area contributed by atoms with Gasteiger partial charge in [0.1, 0.15) is 18.2 Å². The monoisotopic (exact) mass is 833 g/mol. The summed E-state index contributed by atoms with van der Waals surface area (Å²) < 4.78 is 130. The summed E-state index contributed by atoms with van der Waals surface area (Å²) in [7, 11) is 1.42. The lowest BCUT2D eigenvalue weighted by Gasteiger charge is -2.39. The Labute approximate surface area is 345 Å². The second-order valence-corrected chi connectivity index (χ2v) is 14.4. The number of nitrogens with zero attached hydrogens (tertiary/aromatic N) is 5. The van der Waals surface area contributed by atoms with E-state index in [4.69, 9.17) is 43.6 Å². The number of imide groups is 2. The molecule has 4 aromatic rings. The molecule has 18 heteroatoms. The number of fused-ring (bicyclic) bond motifs is 2. The quantitative estimate of drug-likeness (QED) is 0.146. The van der Waals surface area contributed by atoms with Gasteiger partial charge in [0, 0.05) is 55.9 Å². The Hall–Kier alpha value is -5.19. The molecule has 4 aliphatic rings. The number of nitrogens with one attached hydrogen (secondary N) is 2. The third kappa shape index (κ3) is 7.30. The Bertz CT molecular complexity index is 2670. The Morgan fingerprint density at radius 1 is 0.912 bits per heavy atom. The highest BCUT2D eigenvalue weighted by molar-refractivity contribution is 6.42. The Balaban J connectivity index is 1.01. The predicted octanol–water partition coefficient (Wildman–Crippen LogP) is 6.27. The number of piperidine rings is 1. The SMILES string of the molecule is [2H]C1([2H])N(CC2CCC(Oc3cc4c(Nc5ccc(Cl)c(Cl)c5F)ncnc4cc3OC)CC2)C([2H])([2H])C([2H])([2H])N(c2cc3c(c(F)c2F)C(=O)N(C2CCC(=O)NC2=O)C3=O)C1([2H])[2H]. The van der Waals surface area contributed by atoms with Gasteiger partial charge in [-0.05, 0) is 62.3 Å². The molecule has 2 saturated heterocycles. The van der Waals surface area contributed by atoms with Crippen molar-refractivity contribution in [3.63, 3.8) is 0 Å². The van der Waals surface area contributed by atoms with E-state index < -0.39 is 108 Å². The van der Waals surface area contributed by atoms with Crippen molar-refractivity contribution in [1.29, 1.82) is 0 Å². The summed E-state index contributed by atoms with van der Waals surface area (Å²) in [5.41, 5.74) is -3.05. The number of hydrogen-bond acceptors (Lipinski definition) is 11. The Morgan fingerprint density at radius 2 is 1.67 bits per heavy atom. The van der Waals surface area contributed by atoms with Crippen LogP contribution in [0.3, 0.4) is 0 Å². The van der Waals surface area contributed by atoms with Crippen molar-refractivity contribution in [1.82, 2.24) is 25.1 Å².